The highest BCUT2D eigenvalue weighted by atomic mass is 16.7. The van der Waals surface area contributed by atoms with Crippen LogP contribution in [0.4, 0.5) is 14.4 Å². The lowest BCUT2D eigenvalue weighted by molar-refractivity contribution is -0.305. The minimum Gasteiger partial charge on any atom is -0.492 e. The predicted molar refractivity (Wildman–Crippen MR) is 221 cm³/mol. The third kappa shape index (κ3) is 16.0. The van der Waals surface area contributed by atoms with Crippen molar-refractivity contribution in [3.63, 3.8) is 0 Å². The van der Waals surface area contributed by atoms with E-state index in [1.165, 1.54) is 14.0 Å². The first-order chi connectivity index (χ1) is 28.0. The van der Waals surface area contributed by atoms with Crippen molar-refractivity contribution >= 4 is 24.2 Å². The van der Waals surface area contributed by atoms with Gasteiger partial charge >= 0.3 is 18.3 Å². The van der Waals surface area contributed by atoms with Gasteiger partial charge in [-0.25, -0.2) is 14.4 Å². The maximum atomic E-state index is 13.4. The molecule has 2 aliphatic heterocycles. The first-order valence-corrected chi connectivity index (χ1v) is 20.8. The second-order valence-electron chi connectivity index (χ2n) is 19.3. The molecule has 1 saturated carbocycles. The minimum absolute atomic E-state index is 0.0410. The predicted octanol–water partition coefficient (Wildman–Crippen LogP) is -0.342. The van der Waals surface area contributed by atoms with E-state index in [4.69, 9.17) is 39.9 Å². The van der Waals surface area contributed by atoms with Gasteiger partial charge in [0.05, 0.1) is 37.9 Å². The molecule has 1 saturated heterocycles. The molecule has 352 valence electrons. The highest BCUT2D eigenvalue weighted by Crippen LogP contribution is 2.37. The van der Waals surface area contributed by atoms with E-state index in [0.717, 1.165) is 4.90 Å². The number of aliphatic hydroxyl groups excluding tert-OH is 3. The van der Waals surface area contributed by atoms with Crippen molar-refractivity contribution in [3.8, 4) is 0 Å². The normalized spacial score (nSPS) is 31.4. The summed E-state index contributed by atoms with van der Waals surface area (Å²) in [4.78, 5) is 51.7. The SMILES string of the molecule is CN(C(=O)OC(C)(C)C)[C@@H]1[C@@H](O)[C@@H](O[C@@H]2[C@@H](O)[C@H](C3OC(CNCCCNC(=O)OC(C)(C)C)=CC[C@H]3N)[C@@H](N)C[C@H]2NC(=O)[C@H](O)CNC(=O)OC(C)(C)C)OC[C@]1(C)O. The van der Waals surface area contributed by atoms with Gasteiger partial charge in [0.15, 0.2) is 6.29 Å². The van der Waals surface area contributed by atoms with Gasteiger partial charge in [-0.3, -0.25) is 4.79 Å². The number of rotatable bonds is 14. The number of nitrogens with one attached hydrogen (secondary N) is 4. The Morgan fingerprint density at radius 2 is 1.51 bits per heavy atom. The molecular formula is C40H73N7O14. The lowest BCUT2D eigenvalue weighted by Crippen LogP contribution is -2.70. The van der Waals surface area contributed by atoms with Crippen molar-refractivity contribution in [2.75, 3.05) is 39.8 Å². The molecule has 2 heterocycles. The van der Waals surface area contributed by atoms with Gasteiger partial charge in [0.1, 0.15) is 52.6 Å². The van der Waals surface area contributed by atoms with Crippen LogP contribution in [0.25, 0.3) is 0 Å². The lowest BCUT2D eigenvalue weighted by Gasteiger charge is -2.51. The van der Waals surface area contributed by atoms with Crippen LogP contribution < -0.4 is 32.7 Å². The van der Waals surface area contributed by atoms with Gasteiger partial charge in [0.25, 0.3) is 5.91 Å². The van der Waals surface area contributed by atoms with E-state index in [0.29, 0.717) is 38.2 Å². The average Bonchev–Trinajstić information content (AvgIpc) is 3.09. The van der Waals surface area contributed by atoms with Crippen molar-refractivity contribution in [3.05, 3.63) is 11.8 Å². The fourth-order valence-electron chi connectivity index (χ4n) is 7.35. The number of alkyl carbamates (subject to hydrolysis) is 2. The van der Waals surface area contributed by atoms with Gasteiger partial charge in [-0.05, 0) is 101 Å². The zero-order chi connectivity index (χ0) is 46.2. The molecule has 0 aromatic rings. The molecule has 0 aromatic heterocycles. The quantitative estimate of drug-likeness (QED) is 0.0788. The van der Waals surface area contributed by atoms with Crippen molar-refractivity contribution in [1.29, 1.82) is 0 Å². The molecule has 0 bridgehead atoms. The third-order valence-electron chi connectivity index (χ3n) is 9.99. The summed E-state index contributed by atoms with van der Waals surface area (Å²) < 4.78 is 34.4. The number of carbonyl (C=O) groups is 4. The summed E-state index contributed by atoms with van der Waals surface area (Å²) >= 11 is 0. The summed E-state index contributed by atoms with van der Waals surface area (Å²) in [6.45, 7) is 17.0. The second-order valence-corrected chi connectivity index (χ2v) is 19.3. The summed E-state index contributed by atoms with van der Waals surface area (Å²) in [6.07, 6.45) is -8.27. The van der Waals surface area contributed by atoms with Gasteiger partial charge < -0.3 is 86.5 Å². The van der Waals surface area contributed by atoms with E-state index >= 15 is 0 Å². The van der Waals surface area contributed by atoms with Crippen LogP contribution >= 0.6 is 0 Å². The third-order valence-corrected chi connectivity index (χ3v) is 9.99. The summed E-state index contributed by atoms with van der Waals surface area (Å²) in [5, 5.41) is 56.9. The van der Waals surface area contributed by atoms with Crippen molar-refractivity contribution in [1.82, 2.24) is 26.2 Å². The molecular weight excluding hydrogens is 802 g/mol. The number of amides is 4. The van der Waals surface area contributed by atoms with Crippen LogP contribution in [0.2, 0.25) is 0 Å². The maximum absolute atomic E-state index is 13.4. The van der Waals surface area contributed by atoms with Crippen LogP contribution in [0.15, 0.2) is 11.8 Å². The Morgan fingerprint density at radius 3 is 2.10 bits per heavy atom. The van der Waals surface area contributed by atoms with Gasteiger partial charge in [-0.1, -0.05) is 0 Å². The highest BCUT2D eigenvalue weighted by molar-refractivity contribution is 5.82. The largest absolute Gasteiger partial charge is 0.492 e. The smallest absolute Gasteiger partial charge is 0.410 e. The number of aliphatic hydroxyl groups is 4. The van der Waals surface area contributed by atoms with Crippen molar-refractivity contribution < 1.29 is 68.0 Å². The molecule has 3 rings (SSSR count). The van der Waals surface area contributed by atoms with E-state index in [-0.39, 0.29) is 6.42 Å². The zero-order valence-corrected chi connectivity index (χ0v) is 37.6. The Balaban J connectivity index is 1.81. The number of nitrogens with two attached hydrogens (primary N) is 2. The Hall–Kier alpha value is -3.54. The van der Waals surface area contributed by atoms with Crippen LogP contribution in [0.1, 0.15) is 88.5 Å². The average molecular weight is 876 g/mol. The molecule has 1 aliphatic carbocycles. The lowest BCUT2D eigenvalue weighted by atomic mass is 9.72. The first-order valence-electron chi connectivity index (χ1n) is 20.8. The van der Waals surface area contributed by atoms with Crippen LogP contribution in [-0.4, -0.2) is 173 Å². The highest BCUT2D eigenvalue weighted by Gasteiger charge is 2.55. The van der Waals surface area contributed by atoms with Gasteiger partial charge in [-0.15, -0.1) is 0 Å². The molecule has 1 unspecified atom stereocenters. The maximum Gasteiger partial charge on any atom is 0.410 e. The molecule has 12 N–H and O–H groups in total. The van der Waals surface area contributed by atoms with E-state index in [1.54, 1.807) is 62.3 Å². The Bertz CT molecular complexity index is 1510. The summed E-state index contributed by atoms with van der Waals surface area (Å²) in [6, 6.07) is -3.92. The van der Waals surface area contributed by atoms with Crippen molar-refractivity contribution in [2.45, 2.75) is 172 Å². The van der Waals surface area contributed by atoms with Gasteiger partial charge in [-0.2, -0.15) is 0 Å². The molecule has 0 spiro atoms. The number of nitrogens with zero attached hydrogens (tertiary/aromatic N) is 1. The van der Waals surface area contributed by atoms with E-state index < -0.39 is 127 Å². The van der Waals surface area contributed by atoms with Crippen LogP contribution in [0, 0.1) is 5.92 Å². The fraction of sp³-hybridized carbons (Fsp3) is 0.850. The van der Waals surface area contributed by atoms with Crippen LogP contribution in [0.5, 0.6) is 0 Å². The number of carbonyl (C=O) groups excluding carboxylic acids is 4. The Kier molecular flexibility index (Phi) is 18.0. The minimum atomic E-state index is -1.78. The molecule has 0 aromatic carbocycles. The number of hydrogen-bond acceptors (Lipinski definition) is 17. The Morgan fingerprint density at radius 1 is 0.918 bits per heavy atom. The Labute approximate surface area is 358 Å². The van der Waals surface area contributed by atoms with Crippen molar-refractivity contribution in [2.24, 2.45) is 17.4 Å². The number of ether oxygens (including phenoxy) is 6. The monoisotopic (exact) mass is 876 g/mol. The first kappa shape index (κ1) is 51.8. The summed E-state index contributed by atoms with van der Waals surface area (Å²) in [5.41, 5.74) is 9.20. The van der Waals surface area contributed by atoms with Gasteiger partial charge in [0, 0.05) is 31.6 Å². The summed E-state index contributed by atoms with van der Waals surface area (Å²) in [7, 11) is 1.35. The number of likely N-dealkylation sites (N-methyl/N-ethyl adjacent to an activating group) is 1. The molecule has 21 heteroatoms. The van der Waals surface area contributed by atoms with Crippen LogP contribution in [-0.2, 0) is 33.2 Å². The molecule has 12 atom stereocenters. The molecule has 0 radical (unpaired) electrons. The topological polar surface area (TPSA) is 308 Å². The molecule has 21 nitrogen and oxygen atoms in total. The second kappa shape index (κ2) is 21.2. The standard InChI is InChI=1S/C40H73N7O14/c1-37(2,3)59-34(52)44-16-12-15-43-18-21-13-14-22(41)29(57-21)26-23(42)17-24(46-32(51)25(48)19-45-35(53)60-38(4,5)6)30(27(26)49)58-33-28(50)31(40(10,55)20-56-33)47(11)36(54)61-39(7,8)9/h13,22-31,33,43,48-50,55H,12,14-20,41-42H2,1-11H3,(H,44,52)(H,45,53)(H,46,51)/t22-,23+,24-,25-,26-,27+,28-,29?,30+,31-,33-,40+/m1/s1. The molecule has 61 heavy (non-hydrogen) atoms. The molecule has 2 fully saturated rings. The molecule has 4 amide bonds. The molecule has 3 aliphatic rings. The summed E-state index contributed by atoms with van der Waals surface area (Å²) in [5.74, 6) is -1.30. The van der Waals surface area contributed by atoms with E-state index in [2.05, 4.69) is 21.3 Å². The zero-order valence-electron chi connectivity index (χ0n) is 37.6. The van der Waals surface area contributed by atoms with E-state index in [9.17, 15) is 39.6 Å². The fourth-order valence-corrected chi connectivity index (χ4v) is 7.35. The number of hydrogen-bond donors (Lipinski definition) is 10. The van der Waals surface area contributed by atoms with Gasteiger partial charge in [0.2, 0.25) is 0 Å². The van der Waals surface area contributed by atoms with E-state index in [1.807, 2.05) is 6.08 Å². The van der Waals surface area contributed by atoms with Crippen LogP contribution in [0.3, 0.4) is 0 Å².